The molecule has 0 saturated heterocycles. The van der Waals surface area contributed by atoms with E-state index in [1.54, 1.807) is 27.3 Å². The van der Waals surface area contributed by atoms with Crippen molar-refractivity contribution in [1.29, 1.82) is 0 Å². The quantitative estimate of drug-likeness (QED) is 0.0868. The number of hydrogen-bond acceptors (Lipinski definition) is 2. The molecule has 0 aliphatic rings. The summed E-state index contributed by atoms with van der Waals surface area (Å²) in [5, 5.41) is 1.93. The number of fused-ring (bicyclic) bond motifs is 4. The van der Waals surface area contributed by atoms with Crippen molar-refractivity contribution in [2.45, 2.75) is 26.2 Å². The molecule has 3 heterocycles. The molecule has 0 radical (unpaired) electrons. The summed E-state index contributed by atoms with van der Waals surface area (Å²) in [7, 11) is 0. The van der Waals surface area contributed by atoms with Gasteiger partial charge in [0.25, 0.3) is 6.33 Å². The fraction of sp³-hybridized carbons (Fsp3) is 0.0667. The zero-order valence-corrected chi connectivity index (χ0v) is 35.6. The molecule has 0 amide bonds. The maximum absolute atomic E-state index is 9.15. The molecule has 11 aromatic rings. The summed E-state index contributed by atoms with van der Waals surface area (Å²) in [6, 6.07) is 38.4. The Hall–Kier alpha value is -8.46. The minimum Gasteiger partial charge on any atom is -0.458 e. The first-order valence-electron chi connectivity index (χ1n) is 26.1. The molecular weight excluding hydrogens is 793 g/mol. The first-order chi connectivity index (χ1) is 35.9. The Morgan fingerprint density at radius 1 is 0.615 bits per heavy atom. The molecule has 8 aromatic carbocycles. The SMILES string of the molecule is [2H]c1c([2H])c([2H])c(-c2cccc(-c3c([2H])c([2H])c([2H])c([2H])c3[2H])c2-[n+]2[c-]n(-c3cccc(Oc4ccc5c6cc(C#C)ccc6n(-c6cc(C(C)(C)C)ccn6)c5c4)c3)c3ccc(-c4ccccc4)cc32)c([2H])c1[2H]. The van der Waals surface area contributed by atoms with Crippen molar-refractivity contribution in [3.63, 3.8) is 0 Å². The lowest BCUT2D eigenvalue weighted by Crippen LogP contribution is -2.31. The first-order valence-corrected chi connectivity index (χ1v) is 21.1. The zero-order chi connectivity index (χ0) is 52.8. The van der Waals surface area contributed by atoms with Crippen molar-refractivity contribution in [2.24, 2.45) is 0 Å². The fourth-order valence-electron chi connectivity index (χ4n) is 8.46. The number of imidazole rings is 1. The van der Waals surface area contributed by atoms with Gasteiger partial charge >= 0.3 is 0 Å². The molecule has 0 unspecified atom stereocenters. The largest absolute Gasteiger partial charge is 0.458 e. The zero-order valence-electron chi connectivity index (χ0n) is 45.6. The summed E-state index contributed by atoms with van der Waals surface area (Å²) < 4.78 is 100. The number of nitrogens with zero attached hydrogens (tertiary/aromatic N) is 4. The highest BCUT2D eigenvalue weighted by Gasteiger charge is 2.22. The summed E-state index contributed by atoms with van der Waals surface area (Å²) in [5.74, 6) is 4.55. The second-order valence-electron chi connectivity index (χ2n) is 16.7. The molecule has 5 nitrogen and oxygen atoms in total. The molecule has 0 atom stereocenters. The number of para-hydroxylation sites is 1. The molecule has 310 valence electrons. The second kappa shape index (κ2) is 16.0. The maximum atomic E-state index is 9.15. The summed E-state index contributed by atoms with van der Waals surface area (Å²) in [4.78, 5) is 4.84. The van der Waals surface area contributed by atoms with Gasteiger partial charge in [0.2, 0.25) is 0 Å². The molecule has 0 N–H and O–H groups in total. The van der Waals surface area contributed by atoms with Crippen LogP contribution in [-0.4, -0.2) is 14.1 Å². The summed E-state index contributed by atoms with van der Waals surface area (Å²) >= 11 is 0. The molecule has 0 fully saturated rings. The van der Waals surface area contributed by atoms with Gasteiger partial charge in [0.1, 0.15) is 17.3 Å². The summed E-state index contributed by atoms with van der Waals surface area (Å²) in [6.07, 6.45) is 11.2. The Bertz CT molecular complexity index is 4080. The fourth-order valence-corrected chi connectivity index (χ4v) is 8.46. The first kappa shape index (κ1) is 29.8. The lowest BCUT2D eigenvalue weighted by molar-refractivity contribution is -0.571. The van der Waals surface area contributed by atoms with Gasteiger partial charge in [-0.05, 0) is 111 Å². The van der Waals surface area contributed by atoms with Crippen molar-refractivity contribution < 1.29 is 23.0 Å². The second-order valence-corrected chi connectivity index (χ2v) is 16.7. The number of hydrogen-bond donors (Lipinski definition) is 0. The lowest BCUT2D eigenvalue weighted by Gasteiger charge is -2.20. The van der Waals surface area contributed by atoms with Crippen LogP contribution in [0.3, 0.4) is 0 Å². The normalized spacial score (nSPS) is 13.8. The number of aromatic nitrogens is 4. The smallest absolute Gasteiger partial charge is 0.269 e. The van der Waals surface area contributed by atoms with E-state index in [1.165, 1.54) is 0 Å². The van der Waals surface area contributed by atoms with Crippen LogP contribution in [0.5, 0.6) is 11.5 Å². The van der Waals surface area contributed by atoms with E-state index in [-0.39, 0.29) is 33.4 Å². The van der Waals surface area contributed by atoms with Gasteiger partial charge in [-0.3, -0.25) is 13.7 Å². The van der Waals surface area contributed by atoms with Crippen LogP contribution >= 0.6 is 0 Å². The molecule has 0 spiro atoms. The van der Waals surface area contributed by atoms with E-state index in [9.17, 15) is 0 Å². The monoisotopic (exact) mass is 846 g/mol. The van der Waals surface area contributed by atoms with Crippen LogP contribution in [0.25, 0.3) is 83.4 Å². The standard InChI is InChI=1S/C60H44N4O/c1-5-41-27-31-54-53(35-41)52-30-29-49(39-56(52)64(54)58-37-46(33-34-61-58)60(2,3)4)65-48-24-15-23-47(38-48)62-40-63(57-36-45(28-32-55(57)62)42-17-9-6-10-18-42)59-50(43-19-11-7-12-20-43)25-16-26-51(59)44-21-13-8-14-22-44/h1,6-39H,2-4H3/i7D,8D,11D,12D,13D,14D,19D,20D,21D,22D. The summed E-state index contributed by atoms with van der Waals surface area (Å²) in [6.45, 7) is 6.50. The highest BCUT2D eigenvalue weighted by Crippen LogP contribution is 2.38. The topological polar surface area (TPSA) is 35.9 Å². The molecule has 0 saturated carbocycles. The van der Waals surface area contributed by atoms with Gasteiger partial charge < -0.3 is 4.74 Å². The Labute approximate surface area is 393 Å². The van der Waals surface area contributed by atoms with E-state index in [4.69, 9.17) is 29.9 Å². The van der Waals surface area contributed by atoms with E-state index in [0.717, 1.165) is 49.9 Å². The molecular formula is C60H44N4O. The van der Waals surface area contributed by atoms with Crippen LogP contribution in [0.15, 0.2) is 206 Å². The number of terminal acetylenes is 1. The van der Waals surface area contributed by atoms with Crippen molar-refractivity contribution >= 4 is 32.8 Å². The molecule has 65 heavy (non-hydrogen) atoms. The predicted molar refractivity (Wildman–Crippen MR) is 265 cm³/mol. The average Bonchev–Trinajstić information content (AvgIpc) is 3.99. The number of ether oxygens (including phenoxy) is 1. The van der Waals surface area contributed by atoms with Crippen LogP contribution in [-0.2, 0) is 5.41 Å². The van der Waals surface area contributed by atoms with Crippen molar-refractivity contribution in [3.8, 4) is 74.4 Å². The van der Waals surface area contributed by atoms with Crippen LogP contribution in [0, 0.1) is 18.7 Å². The summed E-state index contributed by atoms with van der Waals surface area (Å²) in [5.41, 5.74) is 7.17. The molecule has 0 bridgehead atoms. The molecule has 11 rings (SSSR count). The third-order valence-electron chi connectivity index (χ3n) is 11.6. The van der Waals surface area contributed by atoms with Crippen LogP contribution < -0.4 is 9.30 Å². The van der Waals surface area contributed by atoms with E-state index < -0.39 is 60.4 Å². The average molecular weight is 847 g/mol. The van der Waals surface area contributed by atoms with Crippen molar-refractivity contribution in [2.75, 3.05) is 0 Å². The molecule has 0 aliphatic carbocycles. The third-order valence-corrected chi connectivity index (χ3v) is 11.6. The van der Waals surface area contributed by atoms with E-state index in [0.29, 0.717) is 28.2 Å². The van der Waals surface area contributed by atoms with E-state index in [2.05, 4.69) is 43.7 Å². The van der Waals surface area contributed by atoms with Gasteiger partial charge in [-0.15, -0.1) is 6.42 Å². The van der Waals surface area contributed by atoms with Crippen molar-refractivity contribution in [3.05, 3.63) is 224 Å². The minimum absolute atomic E-state index is 0.126. The van der Waals surface area contributed by atoms with Gasteiger partial charge in [-0.25, -0.2) is 4.98 Å². The Morgan fingerprint density at radius 3 is 2.05 bits per heavy atom. The molecule has 5 heteroatoms. The highest BCUT2D eigenvalue weighted by atomic mass is 16.5. The minimum atomic E-state index is -0.577. The maximum Gasteiger partial charge on any atom is 0.269 e. The van der Waals surface area contributed by atoms with Crippen LogP contribution in [0.1, 0.15) is 45.6 Å². The Kier molecular flexibility index (Phi) is 7.34. The highest BCUT2D eigenvalue weighted by molar-refractivity contribution is 6.10. The van der Waals surface area contributed by atoms with E-state index >= 15 is 0 Å². The van der Waals surface area contributed by atoms with Crippen LogP contribution in [0.2, 0.25) is 0 Å². The van der Waals surface area contributed by atoms with Gasteiger partial charge in [-0.2, -0.15) is 0 Å². The van der Waals surface area contributed by atoms with Gasteiger partial charge in [0, 0.05) is 28.6 Å². The van der Waals surface area contributed by atoms with E-state index in [1.807, 2.05) is 121 Å². The number of benzene rings is 8. The number of pyridine rings is 1. The van der Waals surface area contributed by atoms with Crippen molar-refractivity contribution in [1.82, 2.24) is 14.1 Å². The predicted octanol–water partition coefficient (Wildman–Crippen LogP) is 14.3. The Morgan fingerprint density at radius 2 is 1.32 bits per heavy atom. The number of rotatable bonds is 8. The lowest BCUT2D eigenvalue weighted by atomic mass is 9.88. The van der Waals surface area contributed by atoms with Gasteiger partial charge in [0.15, 0.2) is 0 Å². The molecule has 0 aliphatic heterocycles. The van der Waals surface area contributed by atoms with Gasteiger partial charge in [0.05, 0.1) is 47.1 Å². The third kappa shape index (κ3) is 7.22. The van der Waals surface area contributed by atoms with Crippen LogP contribution in [0.4, 0.5) is 0 Å². The van der Waals surface area contributed by atoms with Gasteiger partial charge in [-0.1, -0.05) is 154 Å². The molecule has 3 aromatic heterocycles. The Balaban J connectivity index is 1.13.